The Morgan fingerprint density at radius 3 is 1.91 bits per heavy atom. The maximum absolute atomic E-state index is 12.7. The monoisotopic (exact) mass is 490 g/mol. The summed E-state index contributed by atoms with van der Waals surface area (Å²) in [6.07, 6.45) is -1.83. The van der Waals surface area contributed by atoms with Gasteiger partial charge in [-0.2, -0.15) is 0 Å². The molecule has 0 spiro atoms. The molecule has 0 aromatic rings. The molecule has 0 fully saturated rings. The lowest BCUT2D eigenvalue weighted by molar-refractivity contribution is -0.143. The number of primary amides is 1. The summed E-state index contributed by atoms with van der Waals surface area (Å²) < 4.78 is 0. The molecule has 15 heteroatoms. The summed E-state index contributed by atoms with van der Waals surface area (Å²) in [7, 11) is 0. The van der Waals surface area contributed by atoms with Crippen molar-refractivity contribution in [3.63, 3.8) is 0 Å². The number of aliphatic hydroxyl groups is 1. The predicted molar refractivity (Wildman–Crippen MR) is 117 cm³/mol. The maximum Gasteiger partial charge on any atom is 0.326 e. The Labute approximate surface area is 195 Å². The number of aliphatic hydroxyl groups excluding tert-OH is 1. The highest BCUT2D eigenvalue weighted by molar-refractivity contribution is 5.96. The van der Waals surface area contributed by atoms with E-state index in [2.05, 4.69) is 16.0 Å². The molecule has 0 aliphatic rings. The van der Waals surface area contributed by atoms with Crippen molar-refractivity contribution in [3.05, 3.63) is 0 Å². The molecule has 0 bridgehead atoms. The molecule has 0 saturated carbocycles. The predicted octanol–water partition coefficient (Wildman–Crippen LogP) is -3.90. The van der Waals surface area contributed by atoms with Crippen molar-refractivity contribution >= 4 is 35.6 Å². The standard InChI is InChI=1S/C19H34N6O9/c1-9(26)15(25-16(30)10(21)5-6-14(28)29)18(32)24-12(8-13(22)27)17(31)23-11(19(33)34)4-2-3-7-20/h9-12,15,26H,2-8,20-21H2,1H3,(H2,22,27)(H,23,31)(H,24,32)(H,25,30)(H,28,29)(H,33,34). The Hall–Kier alpha value is -3.30. The molecule has 34 heavy (non-hydrogen) atoms. The van der Waals surface area contributed by atoms with E-state index in [4.69, 9.17) is 22.3 Å². The number of nitrogens with two attached hydrogens (primary N) is 3. The zero-order valence-corrected chi connectivity index (χ0v) is 18.9. The number of aliphatic carboxylic acids is 2. The van der Waals surface area contributed by atoms with Crippen LogP contribution in [0, 0.1) is 0 Å². The minimum Gasteiger partial charge on any atom is -0.481 e. The van der Waals surface area contributed by atoms with Crippen LogP contribution < -0.4 is 33.2 Å². The second-order valence-corrected chi connectivity index (χ2v) is 7.68. The summed E-state index contributed by atoms with van der Waals surface area (Å²) in [4.78, 5) is 70.9. The highest BCUT2D eigenvalue weighted by Gasteiger charge is 2.33. The zero-order chi connectivity index (χ0) is 26.4. The summed E-state index contributed by atoms with van der Waals surface area (Å²) in [5, 5.41) is 34.4. The first-order chi connectivity index (χ1) is 15.8. The van der Waals surface area contributed by atoms with E-state index in [-0.39, 0.29) is 12.8 Å². The molecule has 0 saturated heterocycles. The van der Waals surface area contributed by atoms with Gasteiger partial charge in [-0.1, -0.05) is 0 Å². The van der Waals surface area contributed by atoms with E-state index in [0.29, 0.717) is 19.4 Å². The first kappa shape index (κ1) is 30.7. The summed E-state index contributed by atoms with van der Waals surface area (Å²) in [5.41, 5.74) is 16.1. The first-order valence-electron chi connectivity index (χ1n) is 10.6. The topological polar surface area (TPSA) is 277 Å². The summed E-state index contributed by atoms with van der Waals surface area (Å²) in [6, 6.07) is -5.82. The second-order valence-electron chi connectivity index (χ2n) is 7.68. The fourth-order valence-corrected chi connectivity index (χ4v) is 2.77. The number of nitrogens with one attached hydrogen (secondary N) is 3. The van der Waals surface area contributed by atoms with Gasteiger partial charge in [0.1, 0.15) is 18.1 Å². The van der Waals surface area contributed by atoms with Gasteiger partial charge in [0.05, 0.1) is 18.6 Å². The largest absolute Gasteiger partial charge is 0.481 e. The molecule has 15 nitrogen and oxygen atoms in total. The molecule has 0 aromatic carbocycles. The maximum atomic E-state index is 12.7. The molecule has 0 aliphatic heterocycles. The Bertz CT molecular complexity index is 746. The van der Waals surface area contributed by atoms with Crippen molar-refractivity contribution in [1.29, 1.82) is 0 Å². The van der Waals surface area contributed by atoms with Crippen molar-refractivity contribution in [1.82, 2.24) is 16.0 Å². The number of hydrogen-bond acceptors (Lipinski definition) is 9. The molecule has 5 atom stereocenters. The number of carboxylic acid groups (broad SMARTS) is 2. The van der Waals surface area contributed by atoms with Crippen molar-refractivity contribution in [2.75, 3.05) is 6.54 Å². The van der Waals surface area contributed by atoms with E-state index in [1.54, 1.807) is 0 Å². The fourth-order valence-electron chi connectivity index (χ4n) is 2.77. The third kappa shape index (κ3) is 12.1. The van der Waals surface area contributed by atoms with E-state index < -0.39 is 78.7 Å². The number of amides is 4. The average molecular weight is 491 g/mol. The van der Waals surface area contributed by atoms with Crippen LogP contribution in [0.15, 0.2) is 0 Å². The molecule has 0 heterocycles. The van der Waals surface area contributed by atoms with Crippen LogP contribution in [-0.2, 0) is 28.8 Å². The van der Waals surface area contributed by atoms with E-state index in [1.807, 2.05) is 0 Å². The van der Waals surface area contributed by atoms with E-state index >= 15 is 0 Å². The van der Waals surface area contributed by atoms with Gasteiger partial charge in [0.25, 0.3) is 0 Å². The Kier molecular flexibility index (Phi) is 14.0. The van der Waals surface area contributed by atoms with Crippen LogP contribution in [0.2, 0.25) is 0 Å². The van der Waals surface area contributed by atoms with Gasteiger partial charge in [0.15, 0.2) is 0 Å². The van der Waals surface area contributed by atoms with Crippen molar-refractivity contribution in [2.24, 2.45) is 17.2 Å². The summed E-state index contributed by atoms with van der Waals surface area (Å²) >= 11 is 0. The highest BCUT2D eigenvalue weighted by atomic mass is 16.4. The molecule has 194 valence electrons. The van der Waals surface area contributed by atoms with E-state index in [0.717, 1.165) is 6.92 Å². The van der Waals surface area contributed by atoms with Crippen LogP contribution in [0.3, 0.4) is 0 Å². The van der Waals surface area contributed by atoms with Crippen LogP contribution in [0.5, 0.6) is 0 Å². The molecular weight excluding hydrogens is 456 g/mol. The number of carbonyl (C=O) groups excluding carboxylic acids is 4. The lowest BCUT2D eigenvalue weighted by atomic mass is 10.1. The smallest absolute Gasteiger partial charge is 0.326 e. The van der Waals surface area contributed by atoms with Crippen LogP contribution >= 0.6 is 0 Å². The van der Waals surface area contributed by atoms with Crippen molar-refractivity contribution in [2.45, 2.75) is 75.7 Å². The lowest BCUT2D eigenvalue weighted by Gasteiger charge is -2.26. The molecule has 5 unspecified atom stereocenters. The van der Waals surface area contributed by atoms with E-state index in [1.165, 1.54) is 0 Å². The van der Waals surface area contributed by atoms with Gasteiger partial charge in [-0.05, 0) is 39.2 Å². The van der Waals surface area contributed by atoms with E-state index in [9.17, 15) is 39.0 Å². The lowest BCUT2D eigenvalue weighted by Crippen LogP contribution is -2.60. The number of carbonyl (C=O) groups is 6. The molecule has 12 N–H and O–H groups in total. The summed E-state index contributed by atoms with van der Waals surface area (Å²) in [6.45, 7) is 1.49. The van der Waals surface area contributed by atoms with Crippen LogP contribution in [0.1, 0.15) is 45.4 Å². The zero-order valence-electron chi connectivity index (χ0n) is 18.9. The van der Waals surface area contributed by atoms with Gasteiger partial charge in [-0.15, -0.1) is 0 Å². The number of carboxylic acids is 2. The molecule has 0 aromatic heterocycles. The van der Waals surface area contributed by atoms with Gasteiger partial charge in [0, 0.05) is 6.42 Å². The summed E-state index contributed by atoms with van der Waals surface area (Å²) in [5.74, 6) is -6.52. The van der Waals surface area contributed by atoms with Crippen LogP contribution in [0.25, 0.3) is 0 Å². The Morgan fingerprint density at radius 1 is 0.853 bits per heavy atom. The number of rotatable bonds is 17. The van der Waals surface area contributed by atoms with Crippen molar-refractivity contribution < 1.29 is 44.1 Å². The minimum absolute atomic E-state index is 0.0517. The van der Waals surface area contributed by atoms with Gasteiger partial charge >= 0.3 is 11.9 Å². The third-order valence-corrected chi connectivity index (χ3v) is 4.67. The molecular formula is C19H34N6O9. The fraction of sp³-hybridized carbons (Fsp3) is 0.684. The Morgan fingerprint density at radius 2 is 1.44 bits per heavy atom. The second kappa shape index (κ2) is 15.5. The molecule has 0 aliphatic carbocycles. The SMILES string of the molecule is CC(O)C(NC(=O)C(N)CCC(=O)O)C(=O)NC(CC(N)=O)C(=O)NC(CCCCN)C(=O)O. The van der Waals surface area contributed by atoms with Crippen LogP contribution in [0.4, 0.5) is 0 Å². The highest BCUT2D eigenvalue weighted by Crippen LogP contribution is 2.04. The first-order valence-corrected chi connectivity index (χ1v) is 10.6. The molecule has 4 amide bonds. The molecule has 0 rings (SSSR count). The average Bonchev–Trinajstić information content (AvgIpc) is 2.73. The van der Waals surface area contributed by atoms with Gasteiger partial charge < -0.3 is 48.5 Å². The van der Waals surface area contributed by atoms with Crippen molar-refractivity contribution in [3.8, 4) is 0 Å². The molecule has 0 radical (unpaired) electrons. The third-order valence-electron chi connectivity index (χ3n) is 4.67. The number of unbranched alkanes of at least 4 members (excludes halogenated alkanes) is 1. The number of hydrogen-bond donors (Lipinski definition) is 9. The van der Waals surface area contributed by atoms with Gasteiger partial charge in [-0.3, -0.25) is 24.0 Å². The Balaban J connectivity index is 5.37. The normalized spacial score (nSPS) is 15.2. The minimum atomic E-state index is -1.62. The van der Waals surface area contributed by atoms with Crippen LogP contribution in [-0.4, -0.2) is 87.7 Å². The van der Waals surface area contributed by atoms with Gasteiger partial charge in [-0.25, -0.2) is 4.79 Å². The quantitative estimate of drug-likeness (QED) is 0.0888. The van der Waals surface area contributed by atoms with Gasteiger partial charge in [0.2, 0.25) is 23.6 Å².